The monoisotopic (exact) mass is 381 g/mol. The topological polar surface area (TPSA) is 38.8 Å². The summed E-state index contributed by atoms with van der Waals surface area (Å²) >= 11 is 0. The summed E-state index contributed by atoms with van der Waals surface area (Å²) in [6.07, 6.45) is 1.07. The van der Waals surface area contributed by atoms with Gasteiger partial charge in [0.05, 0.1) is 5.92 Å². The fraction of sp³-hybridized carbons (Fsp3) is 0.632. The number of benzene rings is 1. The van der Waals surface area contributed by atoms with Crippen LogP contribution in [0.1, 0.15) is 13.3 Å². The van der Waals surface area contributed by atoms with Gasteiger partial charge in [-0.15, -0.1) is 0 Å². The third kappa shape index (κ3) is 8.69. The first-order chi connectivity index (χ1) is 11.5. The summed E-state index contributed by atoms with van der Waals surface area (Å²) in [4.78, 5) is 14.7. The van der Waals surface area contributed by atoms with Gasteiger partial charge >= 0.3 is 0 Å². The molecule has 1 aromatic carbocycles. The van der Waals surface area contributed by atoms with E-state index in [9.17, 15) is 4.79 Å². The van der Waals surface area contributed by atoms with Gasteiger partial charge in [0.25, 0.3) is 5.97 Å². The summed E-state index contributed by atoms with van der Waals surface area (Å²) in [5.41, 5.74) is 1.16. The van der Waals surface area contributed by atoms with E-state index >= 15 is 0 Å². The van der Waals surface area contributed by atoms with Gasteiger partial charge in [-0.05, 0) is 57.3 Å². The Hall–Kier alpha value is -1.12. The van der Waals surface area contributed by atoms with Crippen molar-refractivity contribution in [2.45, 2.75) is 52.1 Å². The van der Waals surface area contributed by atoms with Crippen LogP contribution in [0.25, 0.3) is 0 Å². The second-order valence-electron chi connectivity index (χ2n) is 8.28. The van der Waals surface area contributed by atoms with Crippen molar-refractivity contribution >= 4 is 28.3 Å². The molecule has 0 aliphatic rings. The van der Waals surface area contributed by atoms with Crippen molar-refractivity contribution in [3.63, 3.8) is 0 Å². The van der Waals surface area contributed by atoms with Gasteiger partial charge < -0.3 is 13.8 Å². The number of carbonyl (C=O) groups is 1. The van der Waals surface area contributed by atoms with Crippen molar-refractivity contribution in [2.24, 2.45) is 5.92 Å². The summed E-state index contributed by atoms with van der Waals surface area (Å²) in [5, 5.41) is 0. The standard InChI is InChI=1S/C19H35NO3Si2/c1-17(19(21)23-24(3,4)5)16-20(18-12-9-8-10-13-18)14-11-15-25(6,7)22-2/h8-10,12-13,17H,11,14-16H2,1-7H3. The lowest BCUT2D eigenvalue weighted by molar-refractivity contribution is -0.138. The zero-order chi connectivity index (χ0) is 19.1. The van der Waals surface area contributed by atoms with Gasteiger partial charge in [-0.3, -0.25) is 4.79 Å². The molecule has 0 N–H and O–H groups in total. The molecule has 1 aromatic rings. The van der Waals surface area contributed by atoms with Crippen LogP contribution in [0.5, 0.6) is 0 Å². The first-order valence-corrected chi connectivity index (χ1v) is 15.6. The minimum atomic E-state index is -1.85. The maximum Gasteiger partial charge on any atom is 0.297 e. The van der Waals surface area contributed by atoms with E-state index < -0.39 is 16.6 Å². The average Bonchev–Trinajstić information content (AvgIpc) is 2.53. The largest absolute Gasteiger partial charge is 0.520 e. The molecule has 0 heterocycles. The normalized spacial score (nSPS) is 13.4. The van der Waals surface area contributed by atoms with E-state index in [0.29, 0.717) is 6.54 Å². The molecule has 0 fully saturated rings. The summed E-state index contributed by atoms with van der Waals surface area (Å²) in [6.45, 7) is 14.2. The molecule has 0 amide bonds. The van der Waals surface area contributed by atoms with Crippen LogP contribution in [-0.2, 0) is 13.6 Å². The third-order valence-corrected chi connectivity index (χ3v) is 7.66. The van der Waals surface area contributed by atoms with Crippen LogP contribution in [0.3, 0.4) is 0 Å². The Morgan fingerprint density at radius 2 is 1.72 bits per heavy atom. The summed E-state index contributed by atoms with van der Waals surface area (Å²) in [5.74, 6) is -0.216. The van der Waals surface area contributed by atoms with Crippen molar-refractivity contribution in [3.05, 3.63) is 30.3 Å². The van der Waals surface area contributed by atoms with Gasteiger partial charge in [0.1, 0.15) is 0 Å². The lowest BCUT2D eigenvalue weighted by atomic mass is 10.1. The van der Waals surface area contributed by atoms with E-state index in [2.05, 4.69) is 30.1 Å². The molecule has 4 nitrogen and oxygen atoms in total. The highest BCUT2D eigenvalue weighted by Crippen LogP contribution is 2.20. The van der Waals surface area contributed by atoms with Gasteiger partial charge in [0.15, 0.2) is 8.32 Å². The minimum Gasteiger partial charge on any atom is -0.520 e. The van der Waals surface area contributed by atoms with Crippen LogP contribution in [-0.4, -0.2) is 42.8 Å². The molecule has 25 heavy (non-hydrogen) atoms. The summed E-state index contributed by atoms with van der Waals surface area (Å²) in [7, 11) is -1.58. The van der Waals surface area contributed by atoms with Gasteiger partial charge in [-0.25, -0.2) is 0 Å². The van der Waals surface area contributed by atoms with E-state index in [1.165, 1.54) is 0 Å². The second kappa shape index (κ2) is 9.55. The minimum absolute atomic E-state index is 0.0771. The summed E-state index contributed by atoms with van der Waals surface area (Å²) in [6, 6.07) is 11.4. The van der Waals surface area contributed by atoms with Crippen LogP contribution in [0.2, 0.25) is 38.8 Å². The molecule has 6 heteroatoms. The van der Waals surface area contributed by atoms with Crippen LogP contribution in [0.4, 0.5) is 5.69 Å². The van der Waals surface area contributed by atoms with E-state index in [0.717, 1.165) is 24.7 Å². The fourth-order valence-electron chi connectivity index (χ4n) is 2.57. The molecule has 0 saturated heterocycles. The van der Waals surface area contributed by atoms with E-state index in [1.807, 2.05) is 51.9 Å². The number of anilines is 1. The molecular weight excluding hydrogens is 346 g/mol. The van der Waals surface area contributed by atoms with Crippen molar-refractivity contribution in [3.8, 4) is 0 Å². The Kier molecular flexibility index (Phi) is 8.37. The Balaban J connectivity index is 2.74. The van der Waals surface area contributed by atoms with Crippen molar-refractivity contribution in [1.29, 1.82) is 0 Å². The zero-order valence-corrected chi connectivity index (χ0v) is 19.0. The van der Waals surface area contributed by atoms with Crippen molar-refractivity contribution < 1.29 is 13.6 Å². The van der Waals surface area contributed by atoms with E-state index in [1.54, 1.807) is 0 Å². The molecule has 0 aliphatic heterocycles. The van der Waals surface area contributed by atoms with Gasteiger partial charge in [0.2, 0.25) is 8.32 Å². The van der Waals surface area contributed by atoms with Crippen LogP contribution in [0, 0.1) is 5.92 Å². The zero-order valence-electron chi connectivity index (χ0n) is 17.0. The summed E-state index contributed by atoms with van der Waals surface area (Å²) < 4.78 is 11.3. The van der Waals surface area contributed by atoms with Gasteiger partial charge in [-0.1, -0.05) is 25.1 Å². The van der Waals surface area contributed by atoms with E-state index in [4.69, 9.17) is 8.85 Å². The molecule has 142 valence electrons. The molecular formula is C19H35NO3Si2. The lowest BCUT2D eigenvalue weighted by Crippen LogP contribution is -2.38. The molecule has 0 saturated carbocycles. The number of hydrogen-bond acceptors (Lipinski definition) is 4. The Bertz CT molecular complexity index is 529. The number of rotatable bonds is 10. The SMILES string of the molecule is CO[Si](C)(C)CCCN(CC(C)C(=O)O[Si](C)(C)C)c1ccccc1. The molecule has 1 atom stereocenters. The lowest BCUT2D eigenvalue weighted by Gasteiger charge is -2.30. The number of carbonyl (C=O) groups excluding carboxylic acids is 1. The maximum atomic E-state index is 12.4. The first-order valence-electron chi connectivity index (χ1n) is 9.12. The highest BCUT2D eigenvalue weighted by Gasteiger charge is 2.26. The Morgan fingerprint density at radius 1 is 1.12 bits per heavy atom. The van der Waals surface area contributed by atoms with Crippen LogP contribution >= 0.6 is 0 Å². The van der Waals surface area contributed by atoms with Gasteiger partial charge in [-0.2, -0.15) is 0 Å². The number of hydrogen-bond donors (Lipinski definition) is 0. The predicted molar refractivity (Wildman–Crippen MR) is 111 cm³/mol. The van der Waals surface area contributed by atoms with Gasteiger partial charge in [0, 0.05) is 25.9 Å². The molecule has 0 aliphatic carbocycles. The molecule has 0 spiro atoms. The molecule has 0 radical (unpaired) electrons. The van der Waals surface area contributed by atoms with Crippen molar-refractivity contribution in [1.82, 2.24) is 0 Å². The number of nitrogens with zero attached hydrogens (tertiary/aromatic N) is 1. The quantitative estimate of drug-likeness (QED) is 0.548. The number of para-hydroxylation sites is 1. The fourth-order valence-corrected chi connectivity index (χ4v) is 4.59. The van der Waals surface area contributed by atoms with E-state index in [-0.39, 0.29) is 11.9 Å². The second-order valence-corrected chi connectivity index (χ2v) is 17.1. The molecule has 1 rings (SSSR count). The maximum absolute atomic E-state index is 12.4. The predicted octanol–water partition coefficient (Wildman–Crippen LogP) is 4.75. The van der Waals surface area contributed by atoms with Crippen LogP contribution < -0.4 is 4.90 Å². The Morgan fingerprint density at radius 3 is 2.24 bits per heavy atom. The third-order valence-electron chi connectivity index (χ3n) is 4.18. The first kappa shape index (κ1) is 21.9. The highest BCUT2D eigenvalue weighted by atomic mass is 28.4. The molecule has 1 unspecified atom stereocenters. The van der Waals surface area contributed by atoms with Crippen LogP contribution in [0.15, 0.2) is 30.3 Å². The molecule has 0 bridgehead atoms. The Labute approximate surface area is 155 Å². The highest BCUT2D eigenvalue weighted by molar-refractivity contribution is 6.71. The average molecular weight is 382 g/mol. The van der Waals surface area contributed by atoms with Crippen molar-refractivity contribution in [2.75, 3.05) is 25.1 Å². The smallest absolute Gasteiger partial charge is 0.297 e. The molecule has 0 aromatic heterocycles.